The van der Waals surface area contributed by atoms with Gasteiger partial charge >= 0.3 is 0 Å². The number of hydrogen-bond acceptors (Lipinski definition) is 2. The van der Waals surface area contributed by atoms with E-state index in [-0.39, 0.29) is 17.1 Å². The molecule has 1 unspecified atom stereocenters. The maximum atomic E-state index is 13.5. The predicted octanol–water partition coefficient (Wildman–Crippen LogP) is 5.14. The van der Waals surface area contributed by atoms with Gasteiger partial charge in [-0.1, -0.05) is 23.2 Å². The summed E-state index contributed by atoms with van der Waals surface area (Å²) in [6.07, 6.45) is 1.61. The Balaban J connectivity index is 2.21. The zero-order valence-corrected chi connectivity index (χ0v) is 12.1. The number of halogens is 3. The second-order valence-corrected chi connectivity index (χ2v) is 5.17. The van der Waals surface area contributed by atoms with Crippen LogP contribution in [-0.4, -0.2) is 0 Å². The van der Waals surface area contributed by atoms with Crippen LogP contribution in [0.15, 0.2) is 34.9 Å². The van der Waals surface area contributed by atoms with Crippen LogP contribution in [0.3, 0.4) is 0 Å². The normalized spacial score (nSPS) is 14.4. The molecule has 102 valence electrons. The predicted molar refractivity (Wildman–Crippen MR) is 75.1 cm³/mol. The zero-order chi connectivity index (χ0) is 14.0. The van der Waals surface area contributed by atoms with Crippen LogP contribution in [0.4, 0.5) is 4.39 Å². The number of rotatable bonds is 4. The van der Waals surface area contributed by atoms with E-state index >= 15 is 0 Å². The molecule has 5 heteroatoms. The van der Waals surface area contributed by atoms with Gasteiger partial charge in [0.25, 0.3) is 0 Å². The van der Waals surface area contributed by atoms with Crippen molar-refractivity contribution >= 4 is 23.2 Å². The van der Waals surface area contributed by atoms with Gasteiger partial charge in [-0.05, 0) is 38.1 Å². The molecule has 0 fully saturated rings. The molecule has 0 aliphatic carbocycles. The van der Waals surface area contributed by atoms with Gasteiger partial charge in [0.1, 0.15) is 11.6 Å². The Hall–Kier alpha value is -1.03. The fourth-order valence-electron chi connectivity index (χ4n) is 2.02. The highest BCUT2D eigenvalue weighted by atomic mass is 35.5. The van der Waals surface area contributed by atoms with Crippen molar-refractivity contribution < 1.29 is 8.81 Å². The number of hydrogen-bond donors (Lipinski definition) is 1. The molecule has 2 aromatic rings. The lowest BCUT2D eigenvalue weighted by Gasteiger charge is -2.21. The van der Waals surface area contributed by atoms with Crippen LogP contribution in [0.2, 0.25) is 10.0 Å². The van der Waals surface area contributed by atoms with E-state index < -0.39 is 5.82 Å². The van der Waals surface area contributed by atoms with Crippen LogP contribution >= 0.6 is 23.2 Å². The first-order chi connectivity index (χ1) is 9.00. The summed E-state index contributed by atoms with van der Waals surface area (Å²) in [7, 11) is 0. The van der Waals surface area contributed by atoms with Gasteiger partial charge in [0, 0.05) is 16.6 Å². The Morgan fingerprint density at radius 2 is 1.89 bits per heavy atom. The summed E-state index contributed by atoms with van der Waals surface area (Å²) < 4.78 is 18.8. The highest BCUT2D eigenvalue weighted by molar-refractivity contribution is 6.36. The molecule has 0 saturated heterocycles. The summed E-state index contributed by atoms with van der Waals surface area (Å²) in [4.78, 5) is 0. The van der Waals surface area contributed by atoms with Gasteiger partial charge < -0.3 is 9.73 Å². The van der Waals surface area contributed by atoms with Gasteiger partial charge in [-0.2, -0.15) is 0 Å². The Morgan fingerprint density at radius 1 is 1.16 bits per heavy atom. The summed E-state index contributed by atoms with van der Waals surface area (Å²) >= 11 is 12.1. The van der Waals surface area contributed by atoms with Crippen molar-refractivity contribution in [3.63, 3.8) is 0 Å². The molecule has 0 saturated carbocycles. The van der Waals surface area contributed by atoms with Crippen LogP contribution in [0.25, 0.3) is 0 Å². The lowest BCUT2D eigenvalue weighted by Crippen LogP contribution is -2.22. The molecule has 2 rings (SSSR count). The van der Waals surface area contributed by atoms with E-state index in [0.717, 1.165) is 5.76 Å². The van der Waals surface area contributed by atoms with Gasteiger partial charge in [0.05, 0.1) is 17.3 Å². The van der Waals surface area contributed by atoms with Gasteiger partial charge in [-0.25, -0.2) is 4.39 Å². The highest BCUT2D eigenvalue weighted by Gasteiger charge is 2.19. The number of nitrogens with one attached hydrogen (secondary N) is 1. The minimum atomic E-state index is -0.472. The van der Waals surface area contributed by atoms with E-state index in [0.29, 0.717) is 10.6 Å². The molecule has 0 spiro atoms. The third-order valence-electron chi connectivity index (χ3n) is 2.98. The maximum Gasteiger partial charge on any atom is 0.142 e. The van der Waals surface area contributed by atoms with Gasteiger partial charge in [0.15, 0.2) is 0 Å². The van der Waals surface area contributed by atoms with E-state index in [9.17, 15) is 4.39 Å². The Morgan fingerprint density at radius 3 is 2.53 bits per heavy atom. The average molecular weight is 302 g/mol. The lowest BCUT2D eigenvalue weighted by atomic mass is 10.1. The largest absolute Gasteiger partial charge is 0.468 e. The maximum absolute atomic E-state index is 13.5. The fraction of sp³-hybridized carbons (Fsp3) is 0.286. The molecular formula is C14H14Cl2FNO. The monoisotopic (exact) mass is 301 g/mol. The highest BCUT2D eigenvalue weighted by Crippen LogP contribution is 2.33. The SMILES string of the molecule is CC(N[C@H](C)c1ccco1)c1c(Cl)ccc(F)c1Cl. The molecule has 2 atom stereocenters. The molecule has 19 heavy (non-hydrogen) atoms. The summed E-state index contributed by atoms with van der Waals surface area (Å²) in [5, 5.41) is 3.78. The lowest BCUT2D eigenvalue weighted by molar-refractivity contribution is 0.402. The molecule has 1 aromatic carbocycles. The first-order valence-electron chi connectivity index (χ1n) is 5.93. The summed E-state index contributed by atoms with van der Waals surface area (Å²) in [6.45, 7) is 3.84. The Bertz CT molecular complexity index is 557. The van der Waals surface area contributed by atoms with Crippen LogP contribution in [0.1, 0.15) is 37.3 Å². The van der Waals surface area contributed by atoms with E-state index in [1.807, 2.05) is 26.0 Å². The number of benzene rings is 1. The zero-order valence-electron chi connectivity index (χ0n) is 10.6. The third-order valence-corrected chi connectivity index (χ3v) is 3.70. The van der Waals surface area contributed by atoms with Crippen LogP contribution in [-0.2, 0) is 0 Å². The fourth-order valence-corrected chi connectivity index (χ4v) is 2.72. The average Bonchev–Trinajstić information content (AvgIpc) is 2.88. The third kappa shape index (κ3) is 3.11. The van der Waals surface area contributed by atoms with Crippen molar-refractivity contribution in [3.8, 4) is 0 Å². The second-order valence-electron chi connectivity index (χ2n) is 4.38. The van der Waals surface area contributed by atoms with Crippen LogP contribution in [0, 0.1) is 5.82 Å². The van der Waals surface area contributed by atoms with Crippen molar-refractivity contribution in [3.05, 3.63) is 57.7 Å². The second kappa shape index (κ2) is 5.95. The van der Waals surface area contributed by atoms with Gasteiger partial charge in [0.2, 0.25) is 0 Å². The van der Waals surface area contributed by atoms with Crippen LogP contribution < -0.4 is 5.32 Å². The smallest absolute Gasteiger partial charge is 0.142 e. The Kier molecular flexibility index (Phi) is 4.50. The van der Waals surface area contributed by atoms with E-state index in [2.05, 4.69) is 5.32 Å². The molecule has 0 radical (unpaired) electrons. The summed E-state index contributed by atoms with van der Waals surface area (Å²) in [5.74, 6) is 0.330. The first kappa shape index (κ1) is 14.4. The standard InChI is InChI=1S/C14H14Cl2FNO/c1-8(12-4-3-7-19-12)18-9(2)13-10(15)5-6-11(17)14(13)16/h3-9,18H,1-2H3/t8-,9?/m1/s1. The van der Waals surface area contributed by atoms with Gasteiger partial charge in [-0.3, -0.25) is 0 Å². The molecule has 0 aliphatic heterocycles. The Labute approximate surface area is 121 Å². The number of furan rings is 1. The topological polar surface area (TPSA) is 25.2 Å². The molecule has 2 nitrogen and oxygen atoms in total. The summed E-state index contributed by atoms with van der Waals surface area (Å²) in [5.41, 5.74) is 0.557. The van der Waals surface area contributed by atoms with E-state index in [1.54, 1.807) is 6.26 Å². The van der Waals surface area contributed by atoms with Crippen molar-refractivity contribution in [1.29, 1.82) is 0 Å². The minimum absolute atomic E-state index is 0.0274. The summed E-state index contributed by atoms with van der Waals surface area (Å²) in [6, 6.07) is 6.24. The molecule has 1 heterocycles. The quantitative estimate of drug-likeness (QED) is 0.791. The molecule has 1 aromatic heterocycles. The molecule has 0 amide bonds. The molecule has 0 bridgehead atoms. The molecule has 0 aliphatic rings. The van der Waals surface area contributed by atoms with Crippen molar-refractivity contribution in [1.82, 2.24) is 5.32 Å². The van der Waals surface area contributed by atoms with Crippen molar-refractivity contribution in [2.24, 2.45) is 0 Å². The van der Waals surface area contributed by atoms with E-state index in [1.165, 1.54) is 12.1 Å². The molecule has 1 N–H and O–H groups in total. The first-order valence-corrected chi connectivity index (χ1v) is 6.69. The molecular weight excluding hydrogens is 288 g/mol. The van der Waals surface area contributed by atoms with Crippen molar-refractivity contribution in [2.75, 3.05) is 0 Å². The van der Waals surface area contributed by atoms with Crippen molar-refractivity contribution in [2.45, 2.75) is 25.9 Å². The van der Waals surface area contributed by atoms with E-state index in [4.69, 9.17) is 27.6 Å². The van der Waals surface area contributed by atoms with Gasteiger partial charge in [-0.15, -0.1) is 0 Å². The minimum Gasteiger partial charge on any atom is -0.468 e. The van der Waals surface area contributed by atoms with Crippen LogP contribution in [0.5, 0.6) is 0 Å².